The van der Waals surface area contributed by atoms with Crippen LogP contribution in [0.5, 0.6) is 0 Å². The Balaban J connectivity index is 2.72. The maximum Gasteiger partial charge on any atom is 0.228 e. The average molecular weight is 219 g/mol. The third kappa shape index (κ3) is 3.50. The van der Waals surface area contributed by atoms with Gasteiger partial charge in [0.15, 0.2) is 0 Å². The Kier molecular flexibility index (Phi) is 3.82. The first kappa shape index (κ1) is 12.4. The van der Waals surface area contributed by atoms with E-state index in [1.165, 1.54) is 6.92 Å². The fourth-order valence-electron chi connectivity index (χ4n) is 1.55. The van der Waals surface area contributed by atoms with Crippen LogP contribution in [0, 0.1) is 0 Å². The van der Waals surface area contributed by atoms with Crippen molar-refractivity contribution in [1.82, 2.24) is 5.32 Å². The molecule has 0 radical (unpaired) electrons. The van der Waals surface area contributed by atoms with Gasteiger partial charge in [-0.15, -0.1) is 0 Å². The molecule has 0 aliphatic carbocycles. The molecule has 0 saturated carbocycles. The van der Waals surface area contributed by atoms with E-state index in [9.17, 15) is 9.59 Å². The number of rotatable bonds is 4. The molecule has 0 fully saturated rings. The Morgan fingerprint density at radius 1 is 1.19 bits per heavy atom. The summed E-state index contributed by atoms with van der Waals surface area (Å²) in [5.41, 5.74) is 0.570. The number of Topliss-reactive ketones (excluding diaryl/α,β-unsaturated/α-hetero) is 1. The van der Waals surface area contributed by atoms with E-state index in [1.807, 2.05) is 44.2 Å². The van der Waals surface area contributed by atoms with Gasteiger partial charge in [-0.05, 0) is 26.3 Å². The molecule has 0 unspecified atom stereocenters. The fraction of sp³-hybridized carbons (Fsp3) is 0.385. The quantitative estimate of drug-likeness (QED) is 0.787. The minimum Gasteiger partial charge on any atom is -0.347 e. The highest BCUT2D eigenvalue weighted by Gasteiger charge is 2.22. The summed E-state index contributed by atoms with van der Waals surface area (Å²) in [6.07, 6.45) is -0.0593. The van der Waals surface area contributed by atoms with Crippen LogP contribution in [0.3, 0.4) is 0 Å². The van der Waals surface area contributed by atoms with Crippen molar-refractivity contribution in [3.05, 3.63) is 35.9 Å². The first-order chi connectivity index (χ1) is 7.42. The van der Waals surface area contributed by atoms with Gasteiger partial charge in [0.05, 0.1) is 12.0 Å². The largest absolute Gasteiger partial charge is 0.347 e. The second-order valence-electron chi connectivity index (χ2n) is 4.42. The second kappa shape index (κ2) is 4.92. The molecule has 0 aromatic heterocycles. The topological polar surface area (TPSA) is 46.2 Å². The number of carbonyl (C=O) groups is 2. The standard InChI is InChI=1S/C13H17NO2/c1-10(15)9-12(16)14-13(2,3)11-7-5-4-6-8-11/h4-8H,9H2,1-3H3,(H,14,16). The molecule has 1 aromatic rings. The van der Waals surface area contributed by atoms with Crippen LogP contribution in [0.15, 0.2) is 30.3 Å². The van der Waals surface area contributed by atoms with Crippen molar-refractivity contribution < 1.29 is 9.59 Å². The van der Waals surface area contributed by atoms with Crippen LogP contribution in [0.4, 0.5) is 0 Å². The molecule has 1 aromatic carbocycles. The minimum absolute atomic E-state index is 0.0593. The number of hydrogen-bond donors (Lipinski definition) is 1. The lowest BCUT2D eigenvalue weighted by Gasteiger charge is -2.26. The molecule has 1 N–H and O–H groups in total. The molecule has 1 rings (SSSR count). The third-order valence-corrected chi connectivity index (χ3v) is 2.36. The van der Waals surface area contributed by atoms with Crippen LogP contribution in [-0.2, 0) is 15.1 Å². The summed E-state index contributed by atoms with van der Waals surface area (Å²) in [5.74, 6) is -0.359. The highest BCUT2D eigenvalue weighted by molar-refractivity contribution is 5.97. The first-order valence-corrected chi connectivity index (χ1v) is 5.28. The molecule has 86 valence electrons. The number of carbonyl (C=O) groups excluding carboxylic acids is 2. The van der Waals surface area contributed by atoms with E-state index in [-0.39, 0.29) is 18.1 Å². The second-order valence-corrected chi connectivity index (χ2v) is 4.42. The zero-order valence-electron chi connectivity index (χ0n) is 9.91. The highest BCUT2D eigenvalue weighted by Crippen LogP contribution is 2.19. The summed E-state index contributed by atoms with van der Waals surface area (Å²) >= 11 is 0. The van der Waals surface area contributed by atoms with Crippen LogP contribution in [0.1, 0.15) is 32.8 Å². The van der Waals surface area contributed by atoms with E-state index in [4.69, 9.17) is 0 Å². The van der Waals surface area contributed by atoms with Crippen molar-refractivity contribution in [1.29, 1.82) is 0 Å². The molecule has 0 atom stereocenters. The van der Waals surface area contributed by atoms with Crippen molar-refractivity contribution in [2.24, 2.45) is 0 Å². The van der Waals surface area contributed by atoms with E-state index >= 15 is 0 Å². The predicted octanol–water partition coefficient (Wildman–Crippen LogP) is 2.02. The molecule has 0 aliphatic rings. The molecule has 0 spiro atoms. The molecule has 3 nitrogen and oxygen atoms in total. The van der Waals surface area contributed by atoms with Gasteiger partial charge in [-0.2, -0.15) is 0 Å². The molecule has 1 amide bonds. The highest BCUT2D eigenvalue weighted by atomic mass is 16.2. The van der Waals surface area contributed by atoms with Crippen LogP contribution >= 0.6 is 0 Å². The number of hydrogen-bond acceptors (Lipinski definition) is 2. The van der Waals surface area contributed by atoms with Gasteiger partial charge >= 0.3 is 0 Å². The van der Waals surface area contributed by atoms with E-state index in [2.05, 4.69) is 5.32 Å². The summed E-state index contributed by atoms with van der Waals surface area (Å²) < 4.78 is 0. The minimum atomic E-state index is -0.451. The number of benzene rings is 1. The van der Waals surface area contributed by atoms with Crippen molar-refractivity contribution >= 4 is 11.7 Å². The van der Waals surface area contributed by atoms with E-state index in [1.54, 1.807) is 0 Å². The lowest BCUT2D eigenvalue weighted by Crippen LogP contribution is -2.41. The molecule has 0 aliphatic heterocycles. The number of amides is 1. The number of ketones is 1. The average Bonchev–Trinajstić information content (AvgIpc) is 2.16. The molecule has 16 heavy (non-hydrogen) atoms. The maximum atomic E-state index is 11.5. The molecular weight excluding hydrogens is 202 g/mol. The van der Waals surface area contributed by atoms with Crippen LogP contribution < -0.4 is 5.32 Å². The van der Waals surface area contributed by atoms with Crippen molar-refractivity contribution in [2.45, 2.75) is 32.7 Å². The van der Waals surface area contributed by atoms with Gasteiger partial charge in [0.25, 0.3) is 0 Å². The summed E-state index contributed by atoms with van der Waals surface area (Å²) in [5, 5.41) is 2.84. The van der Waals surface area contributed by atoms with Crippen LogP contribution in [0.2, 0.25) is 0 Å². The van der Waals surface area contributed by atoms with E-state index in [0.717, 1.165) is 5.56 Å². The fourth-order valence-corrected chi connectivity index (χ4v) is 1.55. The number of nitrogens with one attached hydrogen (secondary N) is 1. The van der Waals surface area contributed by atoms with Gasteiger partial charge in [0, 0.05) is 0 Å². The van der Waals surface area contributed by atoms with E-state index in [0.29, 0.717) is 0 Å². The van der Waals surface area contributed by atoms with Gasteiger partial charge in [-0.25, -0.2) is 0 Å². The first-order valence-electron chi connectivity index (χ1n) is 5.28. The molecule has 0 saturated heterocycles. The summed E-state index contributed by atoms with van der Waals surface area (Å²) in [4.78, 5) is 22.3. The smallest absolute Gasteiger partial charge is 0.228 e. The Morgan fingerprint density at radius 2 is 1.75 bits per heavy atom. The lowest BCUT2D eigenvalue weighted by molar-refractivity contribution is -0.128. The van der Waals surface area contributed by atoms with Crippen LogP contribution in [-0.4, -0.2) is 11.7 Å². The van der Waals surface area contributed by atoms with Gasteiger partial charge in [0.2, 0.25) is 5.91 Å². The van der Waals surface area contributed by atoms with E-state index < -0.39 is 5.54 Å². The Hall–Kier alpha value is -1.64. The monoisotopic (exact) mass is 219 g/mol. The maximum absolute atomic E-state index is 11.5. The molecule has 0 heterocycles. The Bertz CT molecular complexity index is 382. The lowest BCUT2D eigenvalue weighted by atomic mass is 9.94. The van der Waals surface area contributed by atoms with Gasteiger partial charge in [-0.3, -0.25) is 9.59 Å². The Labute approximate surface area is 95.9 Å². The third-order valence-electron chi connectivity index (χ3n) is 2.36. The van der Waals surface area contributed by atoms with Crippen molar-refractivity contribution in [3.8, 4) is 0 Å². The zero-order chi connectivity index (χ0) is 12.2. The van der Waals surface area contributed by atoms with Gasteiger partial charge < -0.3 is 5.32 Å². The summed E-state index contributed by atoms with van der Waals surface area (Å²) in [6.45, 7) is 5.25. The molecule has 0 bridgehead atoms. The normalized spacial score (nSPS) is 10.9. The van der Waals surface area contributed by atoms with Gasteiger partial charge in [0.1, 0.15) is 5.78 Å². The van der Waals surface area contributed by atoms with Crippen LogP contribution in [0.25, 0.3) is 0 Å². The Morgan fingerprint density at radius 3 is 2.25 bits per heavy atom. The SMILES string of the molecule is CC(=O)CC(=O)NC(C)(C)c1ccccc1. The van der Waals surface area contributed by atoms with Gasteiger partial charge in [-0.1, -0.05) is 30.3 Å². The molecule has 3 heteroatoms. The van der Waals surface area contributed by atoms with Crippen molar-refractivity contribution in [3.63, 3.8) is 0 Å². The zero-order valence-corrected chi connectivity index (χ0v) is 9.91. The summed E-state index contributed by atoms with van der Waals surface area (Å²) in [7, 11) is 0. The van der Waals surface area contributed by atoms with Crippen molar-refractivity contribution in [2.75, 3.05) is 0 Å². The summed E-state index contributed by atoms with van der Waals surface area (Å²) in [6, 6.07) is 9.68. The molecular formula is C13H17NO2. The predicted molar refractivity (Wildman–Crippen MR) is 62.9 cm³/mol.